The molecule has 2 heteroatoms. The van der Waals surface area contributed by atoms with Crippen LogP contribution in [0.3, 0.4) is 0 Å². The third kappa shape index (κ3) is 5.39. The van der Waals surface area contributed by atoms with Crippen LogP contribution in [0.1, 0.15) is 53.9 Å². The van der Waals surface area contributed by atoms with Gasteiger partial charge in [-0.05, 0) is 43.9 Å². The molecule has 0 bridgehead atoms. The highest BCUT2D eigenvalue weighted by Crippen LogP contribution is 2.30. The first-order chi connectivity index (χ1) is 8.00. The summed E-state index contributed by atoms with van der Waals surface area (Å²) in [7, 11) is 0. The van der Waals surface area contributed by atoms with Crippen molar-refractivity contribution >= 4 is 0 Å². The van der Waals surface area contributed by atoms with E-state index in [9.17, 15) is 0 Å². The van der Waals surface area contributed by atoms with Gasteiger partial charge in [0.25, 0.3) is 0 Å². The molecule has 4 unspecified atom stereocenters. The number of rotatable bonds is 6. The highest BCUT2D eigenvalue weighted by Gasteiger charge is 2.24. The van der Waals surface area contributed by atoms with Gasteiger partial charge in [-0.3, -0.25) is 0 Å². The quantitative estimate of drug-likeness (QED) is 0.719. The van der Waals surface area contributed by atoms with Crippen LogP contribution in [0.4, 0.5) is 0 Å². The van der Waals surface area contributed by atoms with E-state index in [0.29, 0.717) is 18.1 Å². The Morgan fingerprint density at radius 3 is 2.41 bits per heavy atom. The van der Waals surface area contributed by atoms with E-state index in [1.807, 2.05) is 0 Å². The van der Waals surface area contributed by atoms with Crippen LogP contribution in [0.2, 0.25) is 0 Å². The Balaban J connectivity index is 2.07. The van der Waals surface area contributed by atoms with Crippen molar-refractivity contribution in [3.8, 4) is 0 Å². The van der Waals surface area contributed by atoms with Crippen LogP contribution in [0, 0.1) is 17.8 Å². The van der Waals surface area contributed by atoms with Gasteiger partial charge in [-0.2, -0.15) is 0 Å². The van der Waals surface area contributed by atoms with E-state index < -0.39 is 0 Å². The summed E-state index contributed by atoms with van der Waals surface area (Å²) in [6.07, 6.45) is 4.35. The minimum atomic E-state index is 0.511. The topological polar surface area (TPSA) is 21.3 Å². The maximum absolute atomic E-state index is 5.97. The molecule has 0 aliphatic heterocycles. The summed E-state index contributed by atoms with van der Waals surface area (Å²) in [6.45, 7) is 13.3. The van der Waals surface area contributed by atoms with E-state index in [4.69, 9.17) is 4.74 Å². The molecule has 1 N–H and O–H groups in total. The molecule has 1 rings (SSSR count). The SMILES string of the molecule is CC(C)C(C)NCCOC1CCC(C)C(C)C1. The summed E-state index contributed by atoms with van der Waals surface area (Å²) in [5.74, 6) is 2.41. The van der Waals surface area contributed by atoms with E-state index in [2.05, 4.69) is 39.9 Å². The second-order valence-electron chi connectivity index (χ2n) is 6.25. The Morgan fingerprint density at radius 1 is 1.12 bits per heavy atom. The molecule has 102 valence electrons. The maximum atomic E-state index is 5.97. The normalized spacial score (nSPS) is 31.8. The largest absolute Gasteiger partial charge is 0.377 e. The molecule has 1 aliphatic rings. The van der Waals surface area contributed by atoms with Gasteiger partial charge in [-0.25, -0.2) is 0 Å². The summed E-state index contributed by atoms with van der Waals surface area (Å²) >= 11 is 0. The van der Waals surface area contributed by atoms with Crippen LogP contribution in [0.25, 0.3) is 0 Å². The second kappa shape index (κ2) is 7.38. The van der Waals surface area contributed by atoms with Crippen molar-refractivity contribution in [1.29, 1.82) is 0 Å². The number of ether oxygens (including phenoxy) is 1. The first-order valence-electron chi connectivity index (χ1n) is 7.35. The van der Waals surface area contributed by atoms with Crippen molar-refractivity contribution < 1.29 is 4.74 Å². The van der Waals surface area contributed by atoms with E-state index >= 15 is 0 Å². The fourth-order valence-electron chi connectivity index (χ4n) is 2.40. The van der Waals surface area contributed by atoms with Gasteiger partial charge in [-0.15, -0.1) is 0 Å². The second-order valence-corrected chi connectivity index (χ2v) is 6.25. The van der Waals surface area contributed by atoms with Gasteiger partial charge in [0, 0.05) is 12.6 Å². The van der Waals surface area contributed by atoms with E-state index in [-0.39, 0.29) is 0 Å². The lowest BCUT2D eigenvalue weighted by atomic mass is 9.80. The summed E-state index contributed by atoms with van der Waals surface area (Å²) < 4.78 is 5.97. The zero-order chi connectivity index (χ0) is 12.8. The van der Waals surface area contributed by atoms with Gasteiger partial charge in [-0.1, -0.05) is 27.7 Å². The first kappa shape index (κ1) is 15.0. The van der Waals surface area contributed by atoms with Crippen molar-refractivity contribution in [2.45, 2.75) is 66.0 Å². The van der Waals surface area contributed by atoms with Gasteiger partial charge in [0.2, 0.25) is 0 Å². The molecule has 0 saturated heterocycles. The third-order valence-electron chi connectivity index (χ3n) is 4.47. The van der Waals surface area contributed by atoms with Crippen LogP contribution >= 0.6 is 0 Å². The fourth-order valence-corrected chi connectivity index (χ4v) is 2.40. The predicted molar refractivity (Wildman–Crippen MR) is 74.2 cm³/mol. The minimum Gasteiger partial charge on any atom is -0.377 e. The van der Waals surface area contributed by atoms with Crippen molar-refractivity contribution in [1.82, 2.24) is 5.32 Å². The molecule has 2 nitrogen and oxygen atoms in total. The fraction of sp³-hybridized carbons (Fsp3) is 1.00. The smallest absolute Gasteiger partial charge is 0.0594 e. The Bertz CT molecular complexity index is 205. The highest BCUT2D eigenvalue weighted by molar-refractivity contribution is 4.75. The molecule has 0 aromatic carbocycles. The van der Waals surface area contributed by atoms with Crippen LogP contribution in [0.5, 0.6) is 0 Å². The Morgan fingerprint density at radius 2 is 1.82 bits per heavy atom. The Hall–Kier alpha value is -0.0800. The van der Waals surface area contributed by atoms with Gasteiger partial charge < -0.3 is 10.1 Å². The lowest BCUT2D eigenvalue weighted by molar-refractivity contribution is 0.00342. The molecule has 0 aromatic heterocycles. The number of hydrogen-bond donors (Lipinski definition) is 1. The van der Waals surface area contributed by atoms with Crippen LogP contribution < -0.4 is 5.32 Å². The molecule has 0 aromatic rings. The van der Waals surface area contributed by atoms with Gasteiger partial charge in [0.1, 0.15) is 0 Å². The average molecular weight is 241 g/mol. The molecule has 4 atom stereocenters. The summed E-state index contributed by atoms with van der Waals surface area (Å²) in [4.78, 5) is 0. The van der Waals surface area contributed by atoms with E-state index in [1.165, 1.54) is 19.3 Å². The molecular formula is C15H31NO. The molecule has 0 radical (unpaired) electrons. The summed E-state index contributed by atoms with van der Waals surface area (Å²) in [5.41, 5.74) is 0. The van der Waals surface area contributed by atoms with Gasteiger partial charge >= 0.3 is 0 Å². The molecular weight excluding hydrogens is 210 g/mol. The van der Waals surface area contributed by atoms with Gasteiger partial charge in [0.05, 0.1) is 12.7 Å². The van der Waals surface area contributed by atoms with Crippen molar-refractivity contribution in [2.24, 2.45) is 17.8 Å². The molecule has 0 spiro atoms. The van der Waals surface area contributed by atoms with Crippen LogP contribution in [-0.4, -0.2) is 25.3 Å². The number of hydrogen-bond acceptors (Lipinski definition) is 2. The average Bonchev–Trinajstić information content (AvgIpc) is 2.28. The minimum absolute atomic E-state index is 0.511. The van der Waals surface area contributed by atoms with Crippen molar-refractivity contribution in [3.05, 3.63) is 0 Å². The zero-order valence-corrected chi connectivity index (χ0v) is 12.3. The van der Waals surface area contributed by atoms with E-state index in [1.54, 1.807) is 0 Å². The monoisotopic (exact) mass is 241 g/mol. The first-order valence-corrected chi connectivity index (χ1v) is 7.35. The van der Waals surface area contributed by atoms with E-state index in [0.717, 1.165) is 25.0 Å². The molecule has 0 amide bonds. The lowest BCUT2D eigenvalue weighted by Crippen LogP contribution is -2.35. The van der Waals surface area contributed by atoms with Gasteiger partial charge in [0.15, 0.2) is 0 Å². The maximum Gasteiger partial charge on any atom is 0.0594 e. The number of nitrogens with one attached hydrogen (secondary N) is 1. The Kier molecular flexibility index (Phi) is 6.50. The molecule has 0 heterocycles. The lowest BCUT2D eigenvalue weighted by Gasteiger charge is -2.32. The zero-order valence-electron chi connectivity index (χ0n) is 12.3. The van der Waals surface area contributed by atoms with Crippen molar-refractivity contribution in [2.75, 3.05) is 13.2 Å². The highest BCUT2D eigenvalue weighted by atomic mass is 16.5. The molecule has 17 heavy (non-hydrogen) atoms. The van der Waals surface area contributed by atoms with Crippen LogP contribution in [0.15, 0.2) is 0 Å². The van der Waals surface area contributed by atoms with Crippen LogP contribution in [-0.2, 0) is 4.74 Å². The standard InChI is InChI=1S/C15H31NO/c1-11(2)14(5)16-8-9-17-15-7-6-12(3)13(4)10-15/h11-16H,6-10H2,1-5H3. The summed E-state index contributed by atoms with van der Waals surface area (Å²) in [6, 6.07) is 0.587. The summed E-state index contributed by atoms with van der Waals surface area (Å²) in [5, 5.41) is 3.52. The Labute approximate surface area is 108 Å². The molecule has 1 saturated carbocycles. The molecule has 1 fully saturated rings. The van der Waals surface area contributed by atoms with Crippen molar-refractivity contribution in [3.63, 3.8) is 0 Å². The third-order valence-corrected chi connectivity index (χ3v) is 4.47. The predicted octanol–water partition coefficient (Wildman–Crippen LogP) is 3.46. The molecule has 1 aliphatic carbocycles.